The zero-order valence-electron chi connectivity index (χ0n) is 8.10. The van der Waals surface area contributed by atoms with E-state index in [4.69, 9.17) is 0 Å². The van der Waals surface area contributed by atoms with E-state index in [1.807, 2.05) is 13.8 Å². The molecular formula is C9H21NS. The standard InChI is InChI=1S/C7H15NS.C2H6/c1-2-8-4-3-6-9-7-5-8;1-2/h2-7H2,1H3;1-2H3. The molecule has 0 saturated carbocycles. The Morgan fingerprint density at radius 2 is 1.91 bits per heavy atom. The van der Waals surface area contributed by atoms with Crippen molar-refractivity contribution < 1.29 is 0 Å². The number of hydrogen-bond acceptors (Lipinski definition) is 2. The van der Waals surface area contributed by atoms with Gasteiger partial charge in [0.15, 0.2) is 0 Å². The van der Waals surface area contributed by atoms with Crippen molar-refractivity contribution in [3.8, 4) is 0 Å². The molecule has 0 N–H and O–H groups in total. The first-order valence-corrected chi connectivity index (χ1v) is 5.89. The second-order valence-corrected chi connectivity index (χ2v) is 3.62. The van der Waals surface area contributed by atoms with E-state index in [0.717, 1.165) is 0 Å². The molecule has 1 heterocycles. The highest BCUT2D eigenvalue weighted by Gasteiger charge is 2.04. The minimum atomic E-state index is 1.24. The van der Waals surface area contributed by atoms with E-state index in [9.17, 15) is 0 Å². The first-order valence-electron chi connectivity index (χ1n) is 4.73. The first kappa shape index (κ1) is 11.3. The van der Waals surface area contributed by atoms with Crippen LogP contribution in [0, 0.1) is 0 Å². The predicted molar refractivity (Wildman–Crippen MR) is 55.4 cm³/mol. The molecule has 0 unspecified atom stereocenters. The Balaban J connectivity index is 0.000000461. The van der Waals surface area contributed by atoms with Gasteiger partial charge in [0.25, 0.3) is 0 Å². The highest BCUT2D eigenvalue weighted by atomic mass is 32.2. The molecular weight excluding hydrogens is 154 g/mol. The maximum atomic E-state index is 2.53. The van der Waals surface area contributed by atoms with Crippen molar-refractivity contribution >= 4 is 11.8 Å². The van der Waals surface area contributed by atoms with E-state index < -0.39 is 0 Å². The lowest BCUT2D eigenvalue weighted by Crippen LogP contribution is -2.25. The van der Waals surface area contributed by atoms with Crippen molar-refractivity contribution in [1.29, 1.82) is 0 Å². The number of nitrogens with zero attached hydrogens (tertiary/aromatic N) is 1. The zero-order valence-corrected chi connectivity index (χ0v) is 8.91. The summed E-state index contributed by atoms with van der Waals surface area (Å²) < 4.78 is 0. The Bertz CT molecular complexity index is 68.0. The lowest BCUT2D eigenvalue weighted by Gasteiger charge is -2.15. The van der Waals surface area contributed by atoms with Crippen LogP contribution < -0.4 is 0 Å². The van der Waals surface area contributed by atoms with E-state index >= 15 is 0 Å². The third-order valence-electron chi connectivity index (χ3n) is 1.76. The summed E-state index contributed by atoms with van der Waals surface area (Å²) in [4.78, 5) is 2.53. The molecule has 0 amide bonds. The van der Waals surface area contributed by atoms with Crippen LogP contribution >= 0.6 is 11.8 Å². The van der Waals surface area contributed by atoms with Crippen molar-refractivity contribution in [3.05, 3.63) is 0 Å². The molecule has 0 radical (unpaired) electrons. The smallest absolute Gasteiger partial charge is 0.00722 e. The van der Waals surface area contributed by atoms with Gasteiger partial charge in [-0.25, -0.2) is 0 Å². The van der Waals surface area contributed by atoms with Crippen LogP contribution in [0.3, 0.4) is 0 Å². The molecule has 68 valence electrons. The molecule has 1 saturated heterocycles. The lowest BCUT2D eigenvalue weighted by atomic mass is 10.4. The Hall–Kier alpha value is 0.310. The van der Waals surface area contributed by atoms with Gasteiger partial charge in [0.2, 0.25) is 0 Å². The van der Waals surface area contributed by atoms with E-state index in [0.29, 0.717) is 0 Å². The molecule has 0 atom stereocenters. The van der Waals surface area contributed by atoms with Gasteiger partial charge < -0.3 is 4.90 Å². The summed E-state index contributed by atoms with van der Waals surface area (Å²) in [6, 6.07) is 0. The average Bonchev–Trinajstić information content (AvgIpc) is 2.35. The third kappa shape index (κ3) is 5.57. The molecule has 0 spiro atoms. The second-order valence-electron chi connectivity index (χ2n) is 2.40. The van der Waals surface area contributed by atoms with Crippen LogP contribution in [0.25, 0.3) is 0 Å². The molecule has 0 aromatic heterocycles. The van der Waals surface area contributed by atoms with E-state index in [-0.39, 0.29) is 0 Å². The van der Waals surface area contributed by atoms with Crippen molar-refractivity contribution in [1.82, 2.24) is 4.90 Å². The fourth-order valence-electron chi connectivity index (χ4n) is 1.11. The van der Waals surface area contributed by atoms with Gasteiger partial charge in [-0.3, -0.25) is 0 Å². The summed E-state index contributed by atoms with van der Waals surface area (Å²) in [5.41, 5.74) is 0. The Labute approximate surface area is 75.5 Å². The maximum absolute atomic E-state index is 2.53. The second kappa shape index (κ2) is 8.41. The maximum Gasteiger partial charge on any atom is 0.00722 e. The SMILES string of the molecule is CC.CCN1CCCSCC1. The topological polar surface area (TPSA) is 3.24 Å². The molecule has 1 rings (SSSR count). The molecule has 1 aliphatic rings. The predicted octanol–water partition coefficient (Wildman–Crippen LogP) is 2.47. The molecule has 1 nitrogen and oxygen atoms in total. The van der Waals surface area contributed by atoms with Crippen LogP contribution in [-0.4, -0.2) is 36.0 Å². The normalized spacial score (nSPS) is 19.9. The summed E-state index contributed by atoms with van der Waals surface area (Å²) >= 11 is 2.09. The van der Waals surface area contributed by atoms with Crippen molar-refractivity contribution in [3.63, 3.8) is 0 Å². The van der Waals surface area contributed by atoms with Crippen molar-refractivity contribution in [2.45, 2.75) is 27.2 Å². The number of hydrogen-bond donors (Lipinski definition) is 0. The van der Waals surface area contributed by atoms with Crippen LogP contribution in [0.1, 0.15) is 27.2 Å². The molecule has 0 aliphatic carbocycles. The van der Waals surface area contributed by atoms with Gasteiger partial charge in [-0.2, -0.15) is 11.8 Å². The van der Waals surface area contributed by atoms with Gasteiger partial charge in [0.05, 0.1) is 0 Å². The minimum Gasteiger partial charge on any atom is -0.303 e. The largest absolute Gasteiger partial charge is 0.303 e. The van der Waals surface area contributed by atoms with Crippen molar-refractivity contribution in [2.75, 3.05) is 31.1 Å². The minimum absolute atomic E-state index is 1.24. The Morgan fingerprint density at radius 3 is 2.55 bits per heavy atom. The zero-order chi connectivity index (χ0) is 8.53. The molecule has 0 aromatic rings. The highest BCUT2D eigenvalue weighted by molar-refractivity contribution is 7.99. The molecule has 0 bridgehead atoms. The monoisotopic (exact) mass is 175 g/mol. The quantitative estimate of drug-likeness (QED) is 0.602. The molecule has 2 heteroatoms. The molecule has 0 aromatic carbocycles. The third-order valence-corrected chi connectivity index (χ3v) is 2.81. The highest BCUT2D eigenvalue weighted by Crippen LogP contribution is 2.08. The first-order chi connectivity index (χ1) is 5.43. The summed E-state index contributed by atoms with van der Waals surface area (Å²) in [7, 11) is 0. The fraction of sp³-hybridized carbons (Fsp3) is 1.00. The Kier molecular flexibility index (Phi) is 8.64. The van der Waals surface area contributed by atoms with Gasteiger partial charge in [-0.05, 0) is 25.3 Å². The molecule has 1 fully saturated rings. The number of rotatable bonds is 1. The van der Waals surface area contributed by atoms with Gasteiger partial charge in [0, 0.05) is 12.3 Å². The lowest BCUT2D eigenvalue weighted by molar-refractivity contribution is 0.312. The average molecular weight is 175 g/mol. The van der Waals surface area contributed by atoms with Crippen LogP contribution in [-0.2, 0) is 0 Å². The Morgan fingerprint density at radius 1 is 1.18 bits per heavy atom. The van der Waals surface area contributed by atoms with Gasteiger partial charge in [0.1, 0.15) is 0 Å². The van der Waals surface area contributed by atoms with Crippen LogP contribution in [0.2, 0.25) is 0 Å². The van der Waals surface area contributed by atoms with E-state index in [2.05, 4.69) is 23.6 Å². The van der Waals surface area contributed by atoms with Crippen LogP contribution in [0.15, 0.2) is 0 Å². The van der Waals surface area contributed by atoms with Crippen LogP contribution in [0.5, 0.6) is 0 Å². The summed E-state index contributed by atoms with van der Waals surface area (Å²) in [5.74, 6) is 2.71. The van der Waals surface area contributed by atoms with Gasteiger partial charge in [-0.15, -0.1) is 0 Å². The van der Waals surface area contributed by atoms with Crippen LogP contribution in [0.4, 0.5) is 0 Å². The summed E-state index contributed by atoms with van der Waals surface area (Å²) in [6.07, 6.45) is 1.39. The van der Waals surface area contributed by atoms with Gasteiger partial charge in [-0.1, -0.05) is 20.8 Å². The van der Waals surface area contributed by atoms with Gasteiger partial charge >= 0.3 is 0 Å². The number of thioether (sulfide) groups is 1. The van der Waals surface area contributed by atoms with E-state index in [1.54, 1.807) is 0 Å². The molecule has 1 aliphatic heterocycles. The van der Waals surface area contributed by atoms with Crippen molar-refractivity contribution in [2.24, 2.45) is 0 Å². The molecule has 11 heavy (non-hydrogen) atoms. The van der Waals surface area contributed by atoms with E-state index in [1.165, 1.54) is 37.6 Å². The summed E-state index contributed by atoms with van der Waals surface area (Å²) in [6.45, 7) is 10.1. The summed E-state index contributed by atoms with van der Waals surface area (Å²) in [5, 5.41) is 0. The fourth-order valence-corrected chi connectivity index (χ4v) is 2.04.